The molecule has 1 aliphatic heterocycles. The number of amides is 1. The quantitative estimate of drug-likeness (QED) is 0.465. The average molecular weight is 405 g/mol. The molecule has 4 rings (SSSR count). The van der Waals surface area contributed by atoms with E-state index >= 15 is 0 Å². The van der Waals surface area contributed by atoms with Gasteiger partial charge in [0, 0.05) is 38.3 Å². The fourth-order valence-electron chi connectivity index (χ4n) is 3.61. The normalized spacial score (nSPS) is 14.6. The van der Waals surface area contributed by atoms with Crippen molar-refractivity contribution < 1.29 is 9.72 Å². The molecule has 0 spiro atoms. The van der Waals surface area contributed by atoms with E-state index < -0.39 is 4.92 Å². The van der Waals surface area contributed by atoms with Crippen molar-refractivity contribution in [3.63, 3.8) is 0 Å². The highest BCUT2D eigenvalue weighted by Crippen LogP contribution is 2.14. The Balaban J connectivity index is 1.31. The topological polar surface area (TPSA) is 84.5 Å². The van der Waals surface area contributed by atoms with Crippen LogP contribution < -0.4 is 0 Å². The summed E-state index contributed by atoms with van der Waals surface area (Å²) in [5, 5.41) is 14.6. The summed E-state index contributed by atoms with van der Waals surface area (Å²) in [5.74, 6) is -0.135. The molecule has 2 aromatic carbocycles. The van der Waals surface area contributed by atoms with Gasteiger partial charge in [-0.1, -0.05) is 42.5 Å². The molecule has 2 heterocycles. The highest BCUT2D eigenvalue weighted by molar-refractivity contribution is 5.94. The van der Waals surface area contributed by atoms with Crippen molar-refractivity contribution in [1.82, 2.24) is 19.6 Å². The number of rotatable bonds is 6. The summed E-state index contributed by atoms with van der Waals surface area (Å²) in [4.78, 5) is 27.3. The molecule has 0 atom stereocenters. The van der Waals surface area contributed by atoms with E-state index in [0.717, 1.165) is 25.2 Å². The van der Waals surface area contributed by atoms with Crippen LogP contribution in [0.2, 0.25) is 0 Å². The van der Waals surface area contributed by atoms with Crippen LogP contribution in [0.1, 0.15) is 21.5 Å². The lowest BCUT2D eigenvalue weighted by atomic mass is 10.1. The average Bonchev–Trinajstić information content (AvgIpc) is 3.24. The van der Waals surface area contributed by atoms with Crippen LogP contribution in [-0.4, -0.2) is 56.6 Å². The number of carbonyl (C=O) groups excluding carboxylic acids is 1. The monoisotopic (exact) mass is 405 g/mol. The summed E-state index contributed by atoms with van der Waals surface area (Å²) in [6.07, 6.45) is 1.58. The van der Waals surface area contributed by atoms with E-state index in [4.69, 9.17) is 0 Å². The molecule has 0 radical (unpaired) electrons. The molecule has 0 bridgehead atoms. The Labute approximate surface area is 174 Å². The molecule has 0 saturated carbocycles. The molecular formula is C22H23N5O3. The van der Waals surface area contributed by atoms with Gasteiger partial charge in [0.1, 0.15) is 0 Å². The molecule has 30 heavy (non-hydrogen) atoms. The minimum absolute atomic E-state index is 0.0376. The lowest BCUT2D eigenvalue weighted by molar-refractivity contribution is -0.389. The lowest BCUT2D eigenvalue weighted by Crippen LogP contribution is -2.48. The second kappa shape index (κ2) is 8.87. The molecule has 1 saturated heterocycles. The zero-order valence-corrected chi connectivity index (χ0v) is 16.6. The van der Waals surface area contributed by atoms with Crippen LogP contribution in [0.5, 0.6) is 0 Å². The number of nitrogens with zero attached hydrogens (tertiary/aromatic N) is 5. The van der Waals surface area contributed by atoms with Gasteiger partial charge >= 0.3 is 5.82 Å². The maximum atomic E-state index is 12.8. The third-order valence-corrected chi connectivity index (χ3v) is 5.27. The maximum Gasteiger partial charge on any atom is 0.389 e. The van der Waals surface area contributed by atoms with Crippen molar-refractivity contribution in [2.45, 2.75) is 13.1 Å². The van der Waals surface area contributed by atoms with Gasteiger partial charge in [-0.05, 0) is 28.2 Å². The number of benzene rings is 2. The van der Waals surface area contributed by atoms with Gasteiger partial charge in [-0.15, -0.1) is 0 Å². The van der Waals surface area contributed by atoms with Crippen molar-refractivity contribution in [2.75, 3.05) is 26.2 Å². The largest absolute Gasteiger partial charge is 0.389 e. The molecule has 3 aromatic rings. The van der Waals surface area contributed by atoms with Gasteiger partial charge in [-0.25, -0.2) is 0 Å². The Bertz CT molecular complexity index is 1010. The zero-order chi connectivity index (χ0) is 20.9. The Morgan fingerprint density at radius 1 is 0.900 bits per heavy atom. The molecule has 154 valence electrons. The van der Waals surface area contributed by atoms with E-state index in [-0.39, 0.29) is 11.7 Å². The standard InChI is InChI=1S/C22H23N5O3/c28-22(25-14-12-24(13-15-25)16-18-4-2-1-3-5-18)20-8-6-19(7-9-20)17-26-11-10-21(23-26)27(29)30/h1-11H,12-17H2. The molecule has 8 heteroatoms. The van der Waals surface area contributed by atoms with Gasteiger partial charge in [0.25, 0.3) is 5.91 Å². The molecule has 0 N–H and O–H groups in total. The van der Waals surface area contributed by atoms with E-state index in [2.05, 4.69) is 22.1 Å². The third-order valence-electron chi connectivity index (χ3n) is 5.27. The SMILES string of the molecule is O=C(c1ccc(Cn2ccc([N+](=O)[O-])n2)cc1)N1CCN(Cc2ccccc2)CC1. The summed E-state index contributed by atoms with van der Waals surface area (Å²) in [6.45, 7) is 4.46. The van der Waals surface area contributed by atoms with E-state index in [9.17, 15) is 14.9 Å². The van der Waals surface area contributed by atoms with Crippen molar-refractivity contribution in [2.24, 2.45) is 0 Å². The summed E-state index contributed by atoms with van der Waals surface area (Å²) in [5.41, 5.74) is 2.87. The van der Waals surface area contributed by atoms with Gasteiger partial charge in [-0.3, -0.25) is 9.69 Å². The first-order chi connectivity index (χ1) is 14.6. The molecule has 0 aliphatic carbocycles. The number of aromatic nitrogens is 2. The maximum absolute atomic E-state index is 12.8. The van der Waals surface area contributed by atoms with E-state index in [1.165, 1.54) is 16.3 Å². The summed E-state index contributed by atoms with van der Waals surface area (Å²) in [7, 11) is 0. The Morgan fingerprint density at radius 2 is 1.57 bits per heavy atom. The van der Waals surface area contributed by atoms with E-state index in [1.54, 1.807) is 6.20 Å². The smallest absolute Gasteiger partial charge is 0.358 e. The number of hydrogen-bond donors (Lipinski definition) is 0. The van der Waals surface area contributed by atoms with Crippen molar-refractivity contribution >= 4 is 11.7 Å². The molecule has 1 amide bonds. The van der Waals surface area contributed by atoms with E-state index in [0.29, 0.717) is 25.2 Å². The summed E-state index contributed by atoms with van der Waals surface area (Å²) in [6, 6.07) is 19.1. The van der Waals surface area contributed by atoms with Crippen LogP contribution in [0.3, 0.4) is 0 Å². The van der Waals surface area contributed by atoms with E-state index in [1.807, 2.05) is 47.4 Å². The van der Waals surface area contributed by atoms with Gasteiger partial charge < -0.3 is 15.0 Å². The fourth-order valence-corrected chi connectivity index (χ4v) is 3.61. The van der Waals surface area contributed by atoms with Gasteiger partial charge in [0.15, 0.2) is 0 Å². The first-order valence-corrected chi connectivity index (χ1v) is 9.91. The Morgan fingerprint density at radius 3 is 2.20 bits per heavy atom. The molecule has 1 aliphatic rings. The van der Waals surface area contributed by atoms with Crippen LogP contribution in [0.15, 0.2) is 66.9 Å². The van der Waals surface area contributed by atoms with Gasteiger partial charge in [-0.2, -0.15) is 4.68 Å². The summed E-state index contributed by atoms with van der Waals surface area (Å²) < 4.78 is 1.51. The molecule has 0 unspecified atom stereocenters. The predicted molar refractivity (Wildman–Crippen MR) is 112 cm³/mol. The van der Waals surface area contributed by atoms with Crippen LogP contribution >= 0.6 is 0 Å². The van der Waals surface area contributed by atoms with Crippen molar-refractivity contribution in [3.05, 3.63) is 93.7 Å². The van der Waals surface area contributed by atoms with Crippen molar-refractivity contribution in [3.8, 4) is 0 Å². The first-order valence-electron chi connectivity index (χ1n) is 9.91. The molecule has 1 fully saturated rings. The van der Waals surface area contributed by atoms with Crippen molar-refractivity contribution in [1.29, 1.82) is 0 Å². The minimum atomic E-state index is -0.516. The van der Waals surface area contributed by atoms with Crippen LogP contribution in [0, 0.1) is 10.1 Å². The van der Waals surface area contributed by atoms with Gasteiger partial charge in [0.05, 0.1) is 23.9 Å². The highest BCUT2D eigenvalue weighted by atomic mass is 16.6. The second-order valence-electron chi connectivity index (χ2n) is 7.38. The van der Waals surface area contributed by atoms with Crippen LogP contribution in [0.25, 0.3) is 0 Å². The Kier molecular flexibility index (Phi) is 5.85. The van der Waals surface area contributed by atoms with Crippen LogP contribution in [-0.2, 0) is 13.1 Å². The number of hydrogen-bond acceptors (Lipinski definition) is 5. The molecule has 8 nitrogen and oxygen atoms in total. The number of nitro groups is 1. The number of carbonyl (C=O) groups is 1. The number of piperazine rings is 1. The van der Waals surface area contributed by atoms with Crippen LogP contribution in [0.4, 0.5) is 5.82 Å². The van der Waals surface area contributed by atoms with Gasteiger partial charge in [0.2, 0.25) is 0 Å². The fraction of sp³-hybridized carbons (Fsp3) is 0.273. The molecule has 1 aromatic heterocycles. The zero-order valence-electron chi connectivity index (χ0n) is 16.6. The first kappa shape index (κ1) is 19.8. The lowest BCUT2D eigenvalue weighted by Gasteiger charge is -2.34. The molecular weight excluding hydrogens is 382 g/mol. The second-order valence-corrected chi connectivity index (χ2v) is 7.38. The predicted octanol–water partition coefficient (Wildman–Crippen LogP) is 2.80. The summed E-state index contributed by atoms with van der Waals surface area (Å²) >= 11 is 0. The highest BCUT2D eigenvalue weighted by Gasteiger charge is 2.22. The Hall–Kier alpha value is -3.52. The third kappa shape index (κ3) is 4.72. The minimum Gasteiger partial charge on any atom is -0.358 e.